The van der Waals surface area contributed by atoms with Crippen molar-refractivity contribution >= 4 is 17.3 Å². The third kappa shape index (κ3) is 3.28. The Balaban J connectivity index is 1.36. The second-order valence-corrected chi connectivity index (χ2v) is 6.67. The third-order valence-electron chi connectivity index (χ3n) is 4.74. The Morgan fingerprint density at radius 2 is 2.36 bits per heavy atom. The summed E-state index contributed by atoms with van der Waals surface area (Å²) in [4.78, 5) is 24.6. The van der Waals surface area contributed by atoms with Crippen LogP contribution in [0.15, 0.2) is 46.5 Å². The quantitative estimate of drug-likeness (QED) is 0.924. The van der Waals surface area contributed by atoms with Crippen molar-refractivity contribution in [2.75, 3.05) is 18.4 Å². The summed E-state index contributed by atoms with van der Waals surface area (Å²) in [5, 5.41) is 6.94. The number of pyridine rings is 1. The molecule has 1 atom stereocenters. The van der Waals surface area contributed by atoms with Crippen molar-refractivity contribution < 1.29 is 14.0 Å². The van der Waals surface area contributed by atoms with Gasteiger partial charge in [0, 0.05) is 44.2 Å². The van der Waals surface area contributed by atoms with Crippen molar-refractivity contribution in [2.45, 2.75) is 31.9 Å². The predicted molar refractivity (Wildman–Crippen MR) is 92.1 cm³/mol. The summed E-state index contributed by atoms with van der Waals surface area (Å²) in [7, 11) is 0. The summed E-state index contributed by atoms with van der Waals surface area (Å²) in [6.45, 7) is 4.34. The van der Waals surface area contributed by atoms with Crippen LogP contribution in [0.5, 0.6) is 0 Å². The highest BCUT2D eigenvalue weighted by molar-refractivity contribution is 6.43. The molecule has 2 aromatic heterocycles. The SMILES string of the molecule is Cc1ncccc1NC(=O)C1=NOC2(CCN(Cc3ccoc3)C2)C1. The van der Waals surface area contributed by atoms with E-state index in [0.717, 1.165) is 37.3 Å². The van der Waals surface area contributed by atoms with Crippen LogP contribution < -0.4 is 5.32 Å². The highest BCUT2D eigenvalue weighted by atomic mass is 16.7. The molecule has 7 heteroatoms. The molecule has 130 valence electrons. The van der Waals surface area contributed by atoms with Gasteiger partial charge in [-0.3, -0.25) is 14.7 Å². The summed E-state index contributed by atoms with van der Waals surface area (Å²) in [6.07, 6.45) is 6.52. The summed E-state index contributed by atoms with van der Waals surface area (Å²) < 4.78 is 5.12. The van der Waals surface area contributed by atoms with Gasteiger partial charge in [0.15, 0.2) is 5.60 Å². The number of nitrogens with one attached hydrogen (secondary N) is 1. The van der Waals surface area contributed by atoms with Crippen LogP contribution in [-0.4, -0.2) is 40.2 Å². The third-order valence-corrected chi connectivity index (χ3v) is 4.74. The van der Waals surface area contributed by atoms with Crippen molar-refractivity contribution in [3.63, 3.8) is 0 Å². The molecule has 2 aromatic rings. The smallest absolute Gasteiger partial charge is 0.273 e. The fourth-order valence-corrected chi connectivity index (χ4v) is 3.38. The van der Waals surface area contributed by atoms with Crippen molar-refractivity contribution in [3.05, 3.63) is 48.2 Å². The molecule has 0 saturated carbocycles. The second-order valence-electron chi connectivity index (χ2n) is 6.67. The number of hydrogen-bond donors (Lipinski definition) is 1. The highest BCUT2D eigenvalue weighted by Crippen LogP contribution is 2.34. The molecule has 1 amide bonds. The maximum Gasteiger partial charge on any atom is 0.273 e. The Kier molecular flexibility index (Phi) is 4.01. The van der Waals surface area contributed by atoms with Crippen molar-refractivity contribution in [2.24, 2.45) is 5.16 Å². The van der Waals surface area contributed by atoms with Crippen LogP contribution >= 0.6 is 0 Å². The Morgan fingerprint density at radius 1 is 1.44 bits per heavy atom. The van der Waals surface area contributed by atoms with E-state index in [1.165, 1.54) is 0 Å². The number of nitrogens with zero attached hydrogens (tertiary/aromatic N) is 3. The van der Waals surface area contributed by atoms with Gasteiger partial charge in [-0.25, -0.2) is 0 Å². The summed E-state index contributed by atoms with van der Waals surface area (Å²) in [5.41, 5.74) is 2.66. The Morgan fingerprint density at radius 3 is 3.16 bits per heavy atom. The van der Waals surface area contributed by atoms with Gasteiger partial charge in [-0.05, 0) is 25.1 Å². The molecule has 0 aliphatic carbocycles. The zero-order valence-electron chi connectivity index (χ0n) is 14.1. The molecule has 1 spiro atoms. The number of carbonyl (C=O) groups excluding carboxylic acids is 1. The maximum absolute atomic E-state index is 12.5. The van der Waals surface area contributed by atoms with Gasteiger partial charge >= 0.3 is 0 Å². The minimum absolute atomic E-state index is 0.221. The average Bonchev–Trinajstić information content (AvgIpc) is 3.33. The lowest BCUT2D eigenvalue weighted by Crippen LogP contribution is -2.35. The number of likely N-dealkylation sites (tertiary alicyclic amines) is 1. The van der Waals surface area contributed by atoms with Gasteiger partial charge in [-0.15, -0.1) is 0 Å². The average molecular weight is 340 g/mol. The number of aryl methyl sites for hydroxylation is 1. The molecule has 1 saturated heterocycles. The second kappa shape index (κ2) is 6.33. The van der Waals surface area contributed by atoms with Crippen molar-refractivity contribution in [1.82, 2.24) is 9.88 Å². The van der Waals surface area contributed by atoms with Crippen LogP contribution in [0.4, 0.5) is 5.69 Å². The Hall–Kier alpha value is -2.67. The first kappa shape index (κ1) is 15.8. The van der Waals surface area contributed by atoms with E-state index in [9.17, 15) is 4.79 Å². The van der Waals surface area contributed by atoms with Crippen LogP contribution in [-0.2, 0) is 16.2 Å². The molecule has 1 N–H and O–H groups in total. The number of amides is 1. The summed E-state index contributed by atoms with van der Waals surface area (Å²) >= 11 is 0. The van der Waals surface area contributed by atoms with Gasteiger partial charge in [0.05, 0.1) is 23.9 Å². The molecular formula is C18H20N4O3. The number of anilines is 1. The molecule has 4 rings (SSSR count). The van der Waals surface area contributed by atoms with Crippen LogP contribution in [0, 0.1) is 6.92 Å². The molecule has 1 fully saturated rings. The number of hydrogen-bond acceptors (Lipinski definition) is 6. The van der Waals surface area contributed by atoms with E-state index in [4.69, 9.17) is 9.25 Å². The van der Waals surface area contributed by atoms with Crippen LogP contribution in [0.25, 0.3) is 0 Å². The highest BCUT2D eigenvalue weighted by Gasteiger charge is 2.46. The Bertz CT molecular complexity index is 802. The van der Waals surface area contributed by atoms with Crippen molar-refractivity contribution in [1.29, 1.82) is 0 Å². The number of rotatable bonds is 4. The van der Waals surface area contributed by atoms with Gasteiger partial charge in [0.1, 0.15) is 5.71 Å². The molecule has 2 aliphatic heterocycles. The predicted octanol–water partition coefficient (Wildman–Crippen LogP) is 2.34. The molecule has 4 heterocycles. The number of aromatic nitrogens is 1. The van der Waals surface area contributed by atoms with Gasteiger partial charge in [-0.2, -0.15) is 0 Å². The molecule has 25 heavy (non-hydrogen) atoms. The topological polar surface area (TPSA) is 80.0 Å². The molecule has 0 aromatic carbocycles. The van der Waals surface area contributed by atoms with Crippen LogP contribution in [0.1, 0.15) is 24.1 Å². The zero-order valence-corrected chi connectivity index (χ0v) is 14.1. The first-order valence-electron chi connectivity index (χ1n) is 8.35. The number of furan rings is 1. The minimum Gasteiger partial charge on any atom is -0.472 e. The van der Waals surface area contributed by atoms with E-state index < -0.39 is 0 Å². The van der Waals surface area contributed by atoms with E-state index in [1.54, 1.807) is 24.8 Å². The zero-order chi connectivity index (χ0) is 17.3. The Labute approximate surface area is 145 Å². The normalized spacial score (nSPS) is 22.8. The number of oxime groups is 1. The van der Waals surface area contributed by atoms with Crippen molar-refractivity contribution in [3.8, 4) is 0 Å². The first-order valence-corrected chi connectivity index (χ1v) is 8.35. The minimum atomic E-state index is -0.389. The van der Waals surface area contributed by atoms with E-state index in [-0.39, 0.29) is 11.5 Å². The molecule has 2 aliphatic rings. The van der Waals surface area contributed by atoms with E-state index in [0.29, 0.717) is 17.8 Å². The largest absolute Gasteiger partial charge is 0.472 e. The van der Waals surface area contributed by atoms with E-state index >= 15 is 0 Å². The molecule has 0 bridgehead atoms. The van der Waals surface area contributed by atoms with E-state index in [1.807, 2.05) is 19.1 Å². The summed E-state index contributed by atoms with van der Waals surface area (Å²) in [6, 6.07) is 5.59. The number of carbonyl (C=O) groups is 1. The molecular weight excluding hydrogens is 320 g/mol. The van der Waals surface area contributed by atoms with Gasteiger partial charge in [0.25, 0.3) is 5.91 Å². The van der Waals surface area contributed by atoms with Gasteiger partial charge < -0.3 is 14.6 Å². The lowest BCUT2D eigenvalue weighted by molar-refractivity contribution is -0.110. The molecule has 0 radical (unpaired) electrons. The van der Waals surface area contributed by atoms with Crippen LogP contribution in [0.2, 0.25) is 0 Å². The maximum atomic E-state index is 12.5. The first-order chi connectivity index (χ1) is 12.1. The molecule has 7 nitrogen and oxygen atoms in total. The van der Waals surface area contributed by atoms with E-state index in [2.05, 4.69) is 20.4 Å². The van der Waals surface area contributed by atoms with Gasteiger partial charge in [-0.1, -0.05) is 5.16 Å². The van der Waals surface area contributed by atoms with Crippen LogP contribution in [0.3, 0.4) is 0 Å². The lowest BCUT2D eigenvalue weighted by atomic mass is 9.96. The lowest BCUT2D eigenvalue weighted by Gasteiger charge is -2.21. The molecule has 1 unspecified atom stereocenters. The fourth-order valence-electron chi connectivity index (χ4n) is 3.38. The van der Waals surface area contributed by atoms with Gasteiger partial charge in [0.2, 0.25) is 0 Å². The standard InChI is InChI=1S/C18H20N4O3/c1-13-15(3-2-6-19-13)20-17(23)16-9-18(25-21-16)5-7-22(12-18)10-14-4-8-24-11-14/h2-4,6,8,11H,5,7,9-10,12H2,1H3,(H,20,23). The fraction of sp³-hybridized carbons (Fsp3) is 0.389. The summed E-state index contributed by atoms with van der Waals surface area (Å²) in [5.74, 6) is -0.221. The monoisotopic (exact) mass is 340 g/mol.